The number of hydrogen-bond donors (Lipinski definition) is 1. The summed E-state index contributed by atoms with van der Waals surface area (Å²) in [5, 5.41) is 3.74. The number of carbonyl (C=O) groups is 1. The van der Waals surface area contributed by atoms with Crippen LogP contribution >= 0.6 is 11.8 Å². The lowest BCUT2D eigenvalue weighted by Crippen LogP contribution is -2.25. The van der Waals surface area contributed by atoms with Gasteiger partial charge in [-0.3, -0.25) is 9.79 Å². The van der Waals surface area contributed by atoms with E-state index >= 15 is 0 Å². The first-order chi connectivity index (χ1) is 15.1. The lowest BCUT2D eigenvalue weighted by atomic mass is 9.90. The van der Waals surface area contributed by atoms with Gasteiger partial charge in [0.1, 0.15) is 16.5 Å². The molecule has 6 nitrogen and oxygen atoms in total. The molecule has 0 saturated heterocycles. The van der Waals surface area contributed by atoms with E-state index in [0.717, 1.165) is 47.7 Å². The number of hydrogen-bond acceptors (Lipinski definition) is 6. The number of carbonyl (C=O) groups excluding carboxylic acids is 1. The van der Waals surface area contributed by atoms with E-state index in [1.165, 1.54) is 18.2 Å². The van der Waals surface area contributed by atoms with Crippen LogP contribution in [0.4, 0.5) is 5.69 Å². The Bertz CT molecular complexity index is 976. The molecule has 0 aromatic heterocycles. The fraction of sp³-hybridized carbons (Fsp3) is 0.375. The van der Waals surface area contributed by atoms with E-state index in [9.17, 15) is 4.79 Å². The summed E-state index contributed by atoms with van der Waals surface area (Å²) in [4.78, 5) is 22.6. The minimum absolute atomic E-state index is 0.0638. The molecule has 1 aliphatic carbocycles. The van der Waals surface area contributed by atoms with Crippen LogP contribution in [0.1, 0.15) is 37.7 Å². The summed E-state index contributed by atoms with van der Waals surface area (Å²) in [5.74, 6) is 1.61. The van der Waals surface area contributed by atoms with E-state index < -0.39 is 5.66 Å². The summed E-state index contributed by atoms with van der Waals surface area (Å²) in [7, 11) is 3.27. The summed E-state index contributed by atoms with van der Waals surface area (Å²) in [6.07, 6.45) is 5.34. The quantitative estimate of drug-likeness (QED) is 0.695. The number of nitrogens with zero attached hydrogens (tertiary/aromatic N) is 2. The molecule has 1 aliphatic heterocycles. The Morgan fingerprint density at radius 3 is 2.32 bits per heavy atom. The van der Waals surface area contributed by atoms with Gasteiger partial charge in [0, 0.05) is 17.3 Å². The van der Waals surface area contributed by atoms with Crippen molar-refractivity contribution in [2.45, 2.75) is 37.8 Å². The van der Waals surface area contributed by atoms with E-state index in [0.29, 0.717) is 11.5 Å². The molecular formula is C24H27N3O3S. The maximum atomic E-state index is 12.5. The largest absolute Gasteiger partial charge is 0.497 e. The topological polar surface area (TPSA) is 72.3 Å². The summed E-state index contributed by atoms with van der Waals surface area (Å²) in [6.45, 7) is 0. The van der Waals surface area contributed by atoms with Gasteiger partial charge in [-0.2, -0.15) is 0 Å². The van der Waals surface area contributed by atoms with Gasteiger partial charge < -0.3 is 14.8 Å². The molecule has 1 N–H and O–H groups in total. The highest BCUT2D eigenvalue weighted by atomic mass is 32.2. The number of amides is 1. The van der Waals surface area contributed by atoms with Gasteiger partial charge in [-0.1, -0.05) is 36.4 Å². The molecule has 1 spiro atoms. The van der Waals surface area contributed by atoms with E-state index in [2.05, 4.69) is 5.32 Å². The van der Waals surface area contributed by atoms with E-state index in [4.69, 9.17) is 19.5 Å². The normalized spacial score (nSPS) is 17.1. The molecule has 2 aliphatic rings. The molecule has 7 heteroatoms. The molecule has 0 radical (unpaired) electrons. The first-order valence-electron chi connectivity index (χ1n) is 10.5. The first kappa shape index (κ1) is 21.4. The van der Waals surface area contributed by atoms with Crippen LogP contribution in [-0.4, -0.2) is 42.3 Å². The van der Waals surface area contributed by atoms with Crippen LogP contribution in [-0.2, 0) is 4.79 Å². The molecular weight excluding hydrogens is 410 g/mol. The fourth-order valence-corrected chi connectivity index (χ4v) is 4.82. The van der Waals surface area contributed by atoms with Crippen LogP contribution in [0.2, 0.25) is 0 Å². The number of thioether (sulfide) groups is 1. The zero-order valence-corrected chi connectivity index (χ0v) is 18.7. The lowest BCUT2D eigenvalue weighted by Gasteiger charge is -2.27. The van der Waals surface area contributed by atoms with Crippen LogP contribution < -0.4 is 14.8 Å². The van der Waals surface area contributed by atoms with E-state index in [1.54, 1.807) is 14.2 Å². The van der Waals surface area contributed by atoms with Gasteiger partial charge >= 0.3 is 0 Å². The number of benzene rings is 2. The number of anilines is 1. The van der Waals surface area contributed by atoms with Crippen molar-refractivity contribution >= 4 is 34.1 Å². The Hall–Kier alpha value is -2.80. The molecule has 1 saturated carbocycles. The highest BCUT2D eigenvalue weighted by Crippen LogP contribution is 2.39. The maximum absolute atomic E-state index is 12.5. The van der Waals surface area contributed by atoms with Crippen molar-refractivity contribution in [1.29, 1.82) is 0 Å². The molecule has 4 rings (SSSR count). The van der Waals surface area contributed by atoms with Crippen molar-refractivity contribution in [2.75, 3.05) is 25.3 Å². The predicted molar refractivity (Wildman–Crippen MR) is 127 cm³/mol. The summed E-state index contributed by atoms with van der Waals surface area (Å²) in [6, 6.07) is 15.2. The zero-order valence-electron chi connectivity index (χ0n) is 17.9. The van der Waals surface area contributed by atoms with E-state index in [1.807, 2.05) is 48.5 Å². The molecule has 2 aromatic carbocycles. The average molecular weight is 438 g/mol. The third-order valence-corrected chi connectivity index (χ3v) is 6.47. The third kappa shape index (κ3) is 5.10. The van der Waals surface area contributed by atoms with Gasteiger partial charge in [-0.25, -0.2) is 4.99 Å². The minimum atomic E-state index is -0.401. The second kappa shape index (κ2) is 9.56. The van der Waals surface area contributed by atoms with Gasteiger partial charge in [0.25, 0.3) is 0 Å². The number of nitrogens with one attached hydrogen (secondary N) is 1. The standard InChI is InChI=1S/C24H27N3O3S/c1-29-19-13-17(14-20(15-19)30-2)22-23(27-24(26-22)11-7-4-8-12-24)31-16-21(28)25-18-9-5-3-6-10-18/h3,5-6,9-10,13-15H,4,7-8,11-12,16H2,1-2H3,(H,25,28). The van der Waals surface area contributed by atoms with Gasteiger partial charge in [0.15, 0.2) is 5.66 Å². The van der Waals surface area contributed by atoms with Gasteiger partial charge in [0.05, 0.1) is 25.7 Å². The van der Waals surface area contributed by atoms with Gasteiger partial charge in [-0.05, 0) is 49.9 Å². The molecule has 0 bridgehead atoms. The minimum Gasteiger partial charge on any atom is -0.497 e. The SMILES string of the molecule is COc1cc(OC)cc(C2=NC3(CCCCC3)N=C2SCC(=O)Nc2ccccc2)c1. The maximum Gasteiger partial charge on any atom is 0.234 e. The number of rotatable bonds is 6. The molecule has 1 heterocycles. The van der Waals surface area contributed by atoms with Gasteiger partial charge in [0.2, 0.25) is 5.91 Å². The molecule has 1 fully saturated rings. The Labute approximate surface area is 187 Å². The zero-order chi connectivity index (χ0) is 21.7. The number of ether oxygens (including phenoxy) is 2. The molecule has 31 heavy (non-hydrogen) atoms. The van der Waals surface area contributed by atoms with Crippen molar-refractivity contribution in [3.05, 3.63) is 54.1 Å². The molecule has 0 atom stereocenters. The molecule has 1 amide bonds. The fourth-order valence-electron chi connectivity index (χ4n) is 3.95. The van der Waals surface area contributed by atoms with Crippen molar-refractivity contribution in [3.8, 4) is 11.5 Å². The highest BCUT2D eigenvalue weighted by Gasteiger charge is 2.38. The first-order valence-corrected chi connectivity index (χ1v) is 11.5. The van der Waals surface area contributed by atoms with Crippen LogP contribution in [0.3, 0.4) is 0 Å². The summed E-state index contributed by atoms with van der Waals surface area (Å²) in [5.41, 5.74) is 2.10. The van der Waals surface area contributed by atoms with Crippen molar-refractivity contribution in [1.82, 2.24) is 0 Å². The van der Waals surface area contributed by atoms with E-state index in [-0.39, 0.29) is 11.7 Å². The van der Waals surface area contributed by atoms with Crippen molar-refractivity contribution in [3.63, 3.8) is 0 Å². The Morgan fingerprint density at radius 1 is 1.00 bits per heavy atom. The number of aliphatic imine (C=N–C) groups is 2. The van der Waals surface area contributed by atoms with Crippen molar-refractivity contribution in [2.24, 2.45) is 9.98 Å². The van der Waals surface area contributed by atoms with Crippen LogP contribution in [0.15, 0.2) is 58.5 Å². The highest BCUT2D eigenvalue weighted by molar-refractivity contribution is 8.16. The molecule has 2 aromatic rings. The summed E-state index contributed by atoms with van der Waals surface area (Å²) >= 11 is 1.43. The predicted octanol–water partition coefficient (Wildman–Crippen LogP) is 4.94. The van der Waals surface area contributed by atoms with Crippen LogP contribution in [0.5, 0.6) is 11.5 Å². The molecule has 0 unspecified atom stereocenters. The third-order valence-electron chi connectivity index (χ3n) is 5.51. The smallest absolute Gasteiger partial charge is 0.234 e. The monoisotopic (exact) mass is 437 g/mol. The second-order valence-electron chi connectivity index (χ2n) is 7.72. The van der Waals surface area contributed by atoms with Crippen LogP contribution in [0, 0.1) is 0 Å². The average Bonchev–Trinajstić information content (AvgIpc) is 3.16. The lowest BCUT2D eigenvalue weighted by molar-refractivity contribution is -0.113. The van der Waals surface area contributed by atoms with Gasteiger partial charge in [-0.15, -0.1) is 0 Å². The molecule has 162 valence electrons. The van der Waals surface area contributed by atoms with Crippen LogP contribution in [0.25, 0.3) is 0 Å². The number of methoxy groups -OCH3 is 2. The van der Waals surface area contributed by atoms with Crippen molar-refractivity contribution < 1.29 is 14.3 Å². The Balaban J connectivity index is 1.57. The Morgan fingerprint density at radius 2 is 1.68 bits per heavy atom. The summed E-state index contributed by atoms with van der Waals surface area (Å²) < 4.78 is 10.9. The second-order valence-corrected chi connectivity index (χ2v) is 8.69. The number of para-hydroxylation sites is 1. The Kier molecular flexibility index (Phi) is 6.61.